The minimum absolute atomic E-state index is 0.285. The van der Waals surface area contributed by atoms with Crippen molar-refractivity contribution in [2.24, 2.45) is 0 Å². The second-order valence-electron chi connectivity index (χ2n) is 6.88. The van der Waals surface area contributed by atoms with Crippen molar-refractivity contribution in [1.29, 1.82) is 0 Å². The minimum atomic E-state index is -0.431. The summed E-state index contributed by atoms with van der Waals surface area (Å²) in [6.07, 6.45) is 3.74. The molecule has 0 bridgehead atoms. The van der Waals surface area contributed by atoms with Crippen LogP contribution >= 0.6 is 0 Å². The summed E-state index contributed by atoms with van der Waals surface area (Å²) < 4.78 is 8.65. The number of nitrogens with one attached hydrogen (secondary N) is 1. The summed E-state index contributed by atoms with van der Waals surface area (Å²) in [5.41, 5.74) is 2.76. The lowest BCUT2D eigenvalue weighted by atomic mass is 10.1. The molecule has 4 rings (SSSR count). The van der Waals surface area contributed by atoms with E-state index >= 15 is 0 Å². The zero-order valence-corrected chi connectivity index (χ0v) is 17.3. The van der Waals surface area contributed by atoms with Crippen LogP contribution in [0.5, 0.6) is 0 Å². The number of esters is 1. The maximum atomic E-state index is 13.3. The third-order valence-corrected chi connectivity index (χ3v) is 4.74. The van der Waals surface area contributed by atoms with Crippen LogP contribution in [0.15, 0.2) is 79.1 Å². The molecule has 0 atom stereocenters. The van der Waals surface area contributed by atoms with E-state index in [4.69, 9.17) is 4.74 Å². The van der Waals surface area contributed by atoms with E-state index < -0.39 is 5.97 Å². The quantitative estimate of drug-likeness (QED) is 0.475. The number of benzene rings is 2. The average molecular weight is 414 g/mol. The smallest absolute Gasteiger partial charge is 0.338 e. The van der Waals surface area contributed by atoms with Crippen LogP contribution in [-0.4, -0.2) is 32.8 Å². The van der Waals surface area contributed by atoms with E-state index in [1.54, 1.807) is 42.8 Å². The second kappa shape index (κ2) is 8.71. The van der Waals surface area contributed by atoms with Gasteiger partial charge in [-0.25, -0.2) is 9.48 Å². The normalized spacial score (nSPS) is 10.6. The summed E-state index contributed by atoms with van der Waals surface area (Å²) >= 11 is 0. The van der Waals surface area contributed by atoms with Crippen molar-refractivity contribution in [2.45, 2.75) is 13.8 Å². The molecule has 4 aromatic rings. The molecule has 0 fully saturated rings. The van der Waals surface area contributed by atoms with Crippen molar-refractivity contribution < 1.29 is 14.3 Å². The van der Waals surface area contributed by atoms with E-state index in [1.807, 2.05) is 59.4 Å². The Bertz CT molecular complexity index is 1210. The van der Waals surface area contributed by atoms with Gasteiger partial charge in [-0.2, -0.15) is 5.10 Å². The van der Waals surface area contributed by atoms with Crippen LogP contribution in [0.2, 0.25) is 0 Å². The lowest BCUT2D eigenvalue weighted by Gasteiger charge is -2.12. The number of aromatic nitrogens is 3. The highest BCUT2D eigenvalue weighted by atomic mass is 16.5. The molecule has 0 aliphatic carbocycles. The van der Waals surface area contributed by atoms with Crippen LogP contribution in [0.3, 0.4) is 0 Å². The molecule has 0 unspecified atom stereocenters. The highest BCUT2D eigenvalue weighted by molar-refractivity contribution is 6.08. The van der Waals surface area contributed by atoms with Gasteiger partial charge in [-0.05, 0) is 56.3 Å². The Hall–Kier alpha value is -4.13. The van der Waals surface area contributed by atoms with Crippen LogP contribution < -0.4 is 5.32 Å². The Kier molecular flexibility index (Phi) is 5.66. The van der Waals surface area contributed by atoms with Gasteiger partial charge < -0.3 is 14.6 Å². The van der Waals surface area contributed by atoms with E-state index in [0.29, 0.717) is 28.3 Å². The van der Waals surface area contributed by atoms with E-state index in [1.165, 1.54) is 0 Å². The van der Waals surface area contributed by atoms with Gasteiger partial charge in [0.15, 0.2) is 5.82 Å². The Morgan fingerprint density at radius 3 is 2.45 bits per heavy atom. The molecule has 31 heavy (non-hydrogen) atoms. The minimum Gasteiger partial charge on any atom is -0.462 e. The van der Waals surface area contributed by atoms with Gasteiger partial charge >= 0.3 is 5.97 Å². The lowest BCUT2D eigenvalue weighted by Crippen LogP contribution is -2.16. The average Bonchev–Trinajstić information content (AvgIpc) is 3.42. The molecule has 0 saturated heterocycles. The first-order chi connectivity index (χ1) is 15.1. The number of hydrogen-bond donors (Lipinski definition) is 1. The number of carbonyl (C=O) groups excluding carboxylic acids is 2. The van der Waals surface area contributed by atoms with Crippen molar-refractivity contribution in [1.82, 2.24) is 14.3 Å². The molecule has 0 aliphatic rings. The third-order valence-electron chi connectivity index (χ3n) is 4.74. The molecule has 7 heteroatoms. The fourth-order valence-electron chi connectivity index (χ4n) is 3.38. The van der Waals surface area contributed by atoms with Gasteiger partial charge in [0, 0.05) is 18.1 Å². The molecular weight excluding hydrogens is 392 g/mol. The number of rotatable bonds is 6. The first-order valence-electron chi connectivity index (χ1n) is 9.95. The summed E-state index contributed by atoms with van der Waals surface area (Å²) in [6.45, 7) is 3.84. The van der Waals surface area contributed by atoms with Gasteiger partial charge in [-0.1, -0.05) is 24.3 Å². The molecule has 156 valence electrons. The Morgan fingerprint density at radius 2 is 1.74 bits per heavy atom. The van der Waals surface area contributed by atoms with Gasteiger partial charge in [0.05, 0.1) is 23.6 Å². The fourth-order valence-corrected chi connectivity index (χ4v) is 3.38. The molecule has 0 saturated carbocycles. The second-order valence-corrected chi connectivity index (χ2v) is 6.88. The first-order valence-corrected chi connectivity index (χ1v) is 9.95. The molecule has 1 amide bonds. The topological polar surface area (TPSA) is 78.2 Å². The molecule has 2 heterocycles. The van der Waals surface area contributed by atoms with Crippen LogP contribution in [0.1, 0.15) is 33.3 Å². The van der Waals surface area contributed by atoms with Crippen LogP contribution in [0.4, 0.5) is 5.69 Å². The van der Waals surface area contributed by atoms with Gasteiger partial charge in [-0.15, -0.1) is 0 Å². The Balaban J connectivity index is 1.73. The Labute approximate surface area is 179 Å². The third kappa shape index (κ3) is 4.11. The molecular formula is C24H22N4O3. The van der Waals surface area contributed by atoms with Crippen molar-refractivity contribution >= 4 is 17.6 Å². The number of amides is 1. The number of aryl methyl sites for hydroxylation is 1. The summed E-state index contributed by atoms with van der Waals surface area (Å²) in [5.74, 6) is -0.114. The van der Waals surface area contributed by atoms with E-state index in [2.05, 4.69) is 10.4 Å². The van der Waals surface area contributed by atoms with Crippen molar-refractivity contribution in [3.8, 4) is 11.5 Å². The zero-order chi connectivity index (χ0) is 21.8. The largest absolute Gasteiger partial charge is 0.462 e. The number of nitrogens with zero attached hydrogens (tertiary/aromatic N) is 3. The zero-order valence-electron chi connectivity index (χ0n) is 17.3. The van der Waals surface area contributed by atoms with E-state index in [-0.39, 0.29) is 12.5 Å². The predicted octanol–water partition coefficient (Wildman–Crippen LogP) is 4.40. The molecule has 1 N–H and O–H groups in total. The SMILES string of the molecule is CCOC(=O)c1cccc(NC(=O)c2c(C)nn(-c3ccccc3)c2-n2cccc2)c1. The molecule has 2 aromatic carbocycles. The van der Waals surface area contributed by atoms with Crippen LogP contribution in [0.25, 0.3) is 11.5 Å². The Morgan fingerprint density at radius 1 is 1.00 bits per heavy atom. The highest BCUT2D eigenvalue weighted by Gasteiger charge is 2.24. The van der Waals surface area contributed by atoms with E-state index in [0.717, 1.165) is 5.69 Å². The number of ether oxygens (including phenoxy) is 1. The molecule has 0 spiro atoms. The molecule has 0 radical (unpaired) electrons. The maximum absolute atomic E-state index is 13.3. The number of anilines is 1. The standard InChI is InChI=1S/C24H22N4O3/c1-3-31-24(30)18-10-9-11-19(16-18)25-22(29)21-17(2)26-28(20-12-5-4-6-13-20)23(21)27-14-7-8-15-27/h4-16H,3H2,1-2H3,(H,25,29). The lowest BCUT2D eigenvalue weighted by molar-refractivity contribution is 0.0526. The molecule has 7 nitrogen and oxygen atoms in total. The maximum Gasteiger partial charge on any atom is 0.338 e. The fraction of sp³-hybridized carbons (Fsp3) is 0.125. The van der Waals surface area contributed by atoms with Gasteiger partial charge in [0.2, 0.25) is 0 Å². The molecule has 2 aromatic heterocycles. The summed E-state index contributed by atoms with van der Waals surface area (Å²) in [5, 5.41) is 7.52. The molecule has 0 aliphatic heterocycles. The van der Waals surface area contributed by atoms with Crippen LogP contribution in [0, 0.1) is 6.92 Å². The number of hydrogen-bond acceptors (Lipinski definition) is 4. The van der Waals surface area contributed by atoms with Gasteiger partial charge in [-0.3, -0.25) is 4.79 Å². The van der Waals surface area contributed by atoms with Crippen molar-refractivity contribution in [2.75, 3.05) is 11.9 Å². The summed E-state index contributed by atoms with van der Waals surface area (Å²) in [6, 6.07) is 20.1. The van der Waals surface area contributed by atoms with Crippen molar-refractivity contribution in [3.05, 3.63) is 95.9 Å². The predicted molar refractivity (Wildman–Crippen MR) is 118 cm³/mol. The van der Waals surface area contributed by atoms with Crippen LogP contribution in [-0.2, 0) is 4.74 Å². The number of carbonyl (C=O) groups is 2. The van der Waals surface area contributed by atoms with Gasteiger partial charge in [0.1, 0.15) is 5.56 Å². The first kappa shape index (κ1) is 20.2. The number of para-hydroxylation sites is 1. The van der Waals surface area contributed by atoms with Gasteiger partial charge in [0.25, 0.3) is 5.91 Å². The highest BCUT2D eigenvalue weighted by Crippen LogP contribution is 2.24. The summed E-state index contributed by atoms with van der Waals surface area (Å²) in [4.78, 5) is 25.3. The summed E-state index contributed by atoms with van der Waals surface area (Å²) in [7, 11) is 0. The monoisotopic (exact) mass is 414 g/mol. The van der Waals surface area contributed by atoms with Crippen molar-refractivity contribution in [3.63, 3.8) is 0 Å². The van der Waals surface area contributed by atoms with E-state index in [9.17, 15) is 9.59 Å².